The predicted molar refractivity (Wildman–Crippen MR) is 51.8 cm³/mol. The Morgan fingerprint density at radius 2 is 2.36 bits per heavy atom. The van der Waals surface area contributed by atoms with Gasteiger partial charge in [0, 0.05) is 0 Å². The van der Waals surface area contributed by atoms with E-state index < -0.39 is 11.3 Å². The van der Waals surface area contributed by atoms with Crippen molar-refractivity contribution in [2.24, 2.45) is 0 Å². The molecule has 0 unspecified atom stereocenters. The van der Waals surface area contributed by atoms with E-state index in [9.17, 15) is 4.79 Å². The fourth-order valence-corrected chi connectivity index (χ4v) is 1.23. The minimum absolute atomic E-state index is 0.469. The van der Waals surface area contributed by atoms with Gasteiger partial charge < -0.3 is 4.74 Å². The van der Waals surface area contributed by atoms with Crippen molar-refractivity contribution in [3.05, 3.63) is 35.4 Å². The van der Waals surface area contributed by atoms with Gasteiger partial charge in [-0.2, -0.15) is 5.26 Å². The zero-order chi connectivity index (χ0) is 10.6. The van der Waals surface area contributed by atoms with Crippen LogP contribution in [-0.2, 0) is 9.53 Å². The van der Waals surface area contributed by atoms with Crippen LogP contribution >= 0.6 is 11.6 Å². The van der Waals surface area contributed by atoms with Gasteiger partial charge >= 0.3 is 5.97 Å². The summed E-state index contributed by atoms with van der Waals surface area (Å²) in [6, 6.07) is 8.52. The summed E-state index contributed by atoms with van der Waals surface area (Å²) < 4.78 is 4.49. The fraction of sp³-hybridized carbons (Fsp3) is 0.200. The van der Waals surface area contributed by atoms with Gasteiger partial charge in [-0.15, -0.1) is 11.6 Å². The number of hydrogen-bond acceptors (Lipinski definition) is 3. The quantitative estimate of drug-likeness (QED) is 0.553. The molecule has 1 aromatic carbocycles. The van der Waals surface area contributed by atoms with Crippen LogP contribution in [0.1, 0.15) is 16.5 Å². The molecule has 0 saturated carbocycles. The molecule has 0 heterocycles. The third kappa shape index (κ3) is 2.24. The molecule has 3 nitrogen and oxygen atoms in total. The van der Waals surface area contributed by atoms with E-state index in [2.05, 4.69) is 4.74 Å². The van der Waals surface area contributed by atoms with Gasteiger partial charge in [-0.25, -0.2) is 0 Å². The minimum Gasteiger partial charge on any atom is -0.468 e. The zero-order valence-corrected chi connectivity index (χ0v) is 8.28. The van der Waals surface area contributed by atoms with Gasteiger partial charge in [-0.3, -0.25) is 4.79 Å². The van der Waals surface area contributed by atoms with Crippen molar-refractivity contribution in [1.29, 1.82) is 5.26 Å². The number of carbonyl (C=O) groups excluding carboxylic acids is 1. The SMILES string of the molecule is COC(=O)[C@H](Cl)c1cccc(C#N)c1. The van der Waals surface area contributed by atoms with Crippen molar-refractivity contribution in [3.63, 3.8) is 0 Å². The fourth-order valence-electron chi connectivity index (χ4n) is 1.01. The first-order valence-electron chi connectivity index (χ1n) is 3.91. The summed E-state index contributed by atoms with van der Waals surface area (Å²) in [4.78, 5) is 11.1. The van der Waals surface area contributed by atoms with Crippen LogP contribution in [0.2, 0.25) is 0 Å². The predicted octanol–water partition coefficient (Wildman–Crippen LogP) is 2.01. The van der Waals surface area contributed by atoms with E-state index in [0.29, 0.717) is 11.1 Å². The Morgan fingerprint density at radius 1 is 1.64 bits per heavy atom. The van der Waals surface area contributed by atoms with Gasteiger partial charge in [-0.1, -0.05) is 12.1 Å². The number of nitrogens with zero attached hydrogens (tertiary/aromatic N) is 1. The van der Waals surface area contributed by atoms with E-state index in [-0.39, 0.29) is 0 Å². The van der Waals surface area contributed by atoms with Crippen LogP contribution in [0.3, 0.4) is 0 Å². The largest absolute Gasteiger partial charge is 0.468 e. The van der Waals surface area contributed by atoms with Crippen LogP contribution in [-0.4, -0.2) is 13.1 Å². The molecule has 0 N–H and O–H groups in total. The Bertz CT molecular complexity index is 384. The molecule has 0 radical (unpaired) electrons. The Balaban J connectivity index is 2.96. The van der Waals surface area contributed by atoms with E-state index in [1.807, 2.05) is 6.07 Å². The molecule has 0 saturated heterocycles. The van der Waals surface area contributed by atoms with Crippen LogP contribution in [0.5, 0.6) is 0 Å². The molecule has 1 atom stereocenters. The number of carbonyl (C=O) groups is 1. The van der Waals surface area contributed by atoms with E-state index in [0.717, 1.165) is 0 Å². The number of ether oxygens (including phenoxy) is 1. The molecule has 4 heteroatoms. The van der Waals surface area contributed by atoms with Crippen LogP contribution in [0.25, 0.3) is 0 Å². The first kappa shape index (κ1) is 10.6. The van der Waals surface area contributed by atoms with Crippen molar-refractivity contribution in [1.82, 2.24) is 0 Å². The Hall–Kier alpha value is -1.53. The summed E-state index contributed by atoms with van der Waals surface area (Å²) in [5, 5.41) is 7.78. The van der Waals surface area contributed by atoms with Crippen LogP contribution in [0.15, 0.2) is 24.3 Å². The molecular weight excluding hydrogens is 202 g/mol. The Labute approximate surface area is 86.9 Å². The highest BCUT2D eigenvalue weighted by atomic mass is 35.5. The summed E-state index contributed by atoms with van der Waals surface area (Å²) in [5.41, 5.74) is 1.04. The van der Waals surface area contributed by atoms with E-state index >= 15 is 0 Å². The molecule has 0 aromatic heterocycles. The molecule has 0 aliphatic rings. The van der Waals surface area contributed by atoms with Crippen LogP contribution < -0.4 is 0 Å². The van der Waals surface area contributed by atoms with Crippen molar-refractivity contribution >= 4 is 17.6 Å². The normalized spacial score (nSPS) is 11.5. The molecule has 0 spiro atoms. The molecule has 0 fully saturated rings. The van der Waals surface area contributed by atoms with Gasteiger partial charge in [0.05, 0.1) is 18.7 Å². The third-order valence-corrected chi connectivity index (χ3v) is 2.15. The molecule has 1 aromatic rings. The second-order valence-corrected chi connectivity index (χ2v) is 3.06. The maximum Gasteiger partial charge on any atom is 0.328 e. The molecule has 1 rings (SSSR count). The molecule has 0 amide bonds. The number of hydrogen-bond donors (Lipinski definition) is 0. The lowest BCUT2D eigenvalue weighted by atomic mass is 10.1. The number of methoxy groups -OCH3 is 1. The van der Waals surface area contributed by atoms with Crippen molar-refractivity contribution in [2.75, 3.05) is 7.11 Å². The number of nitriles is 1. The van der Waals surface area contributed by atoms with Crippen molar-refractivity contribution in [2.45, 2.75) is 5.38 Å². The zero-order valence-electron chi connectivity index (χ0n) is 7.53. The highest BCUT2D eigenvalue weighted by Crippen LogP contribution is 2.22. The molecule has 0 bridgehead atoms. The minimum atomic E-state index is -0.853. The molecule has 0 aliphatic heterocycles. The first-order chi connectivity index (χ1) is 6.69. The Kier molecular flexibility index (Phi) is 3.49. The number of halogens is 1. The Morgan fingerprint density at radius 3 is 2.93 bits per heavy atom. The highest BCUT2D eigenvalue weighted by Gasteiger charge is 2.17. The smallest absolute Gasteiger partial charge is 0.328 e. The molecule has 0 aliphatic carbocycles. The van der Waals surface area contributed by atoms with Crippen molar-refractivity contribution < 1.29 is 9.53 Å². The van der Waals surface area contributed by atoms with Gasteiger partial charge in [0.15, 0.2) is 5.38 Å². The van der Waals surface area contributed by atoms with Gasteiger partial charge in [-0.05, 0) is 17.7 Å². The summed E-state index contributed by atoms with van der Waals surface area (Å²) >= 11 is 5.80. The molecule has 14 heavy (non-hydrogen) atoms. The summed E-state index contributed by atoms with van der Waals surface area (Å²) in [6.45, 7) is 0. The van der Waals surface area contributed by atoms with Gasteiger partial charge in [0.25, 0.3) is 0 Å². The average molecular weight is 210 g/mol. The molecular formula is C10H8ClNO2. The van der Waals surface area contributed by atoms with E-state index in [4.69, 9.17) is 16.9 Å². The summed E-state index contributed by atoms with van der Waals surface area (Å²) in [6.07, 6.45) is 0. The lowest BCUT2D eigenvalue weighted by Crippen LogP contribution is -2.08. The van der Waals surface area contributed by atoms with Crippen LogP contribution in [0, 0.1) is 11.3 Å². The standard InChI is InChI=1S/C10H8ClNO2/c1-14-10(13)9(11)8-4-2-3-7(5-8)6-12/h2-5,9H,1H3/t9-/m1/s1. The van der Waals surface area contributed by atoms with E-state index in [1.54, 1.807) is 24.3 Å². The van der Waals surface area contributed by atoms with Crippen molar-refractivity contribution in [3.8, 4) is 6.07 Å². The van der Waals surface area contributed by atoms with E-state index in [1.165, 1.54) is 7.11 Å². The number of esters is 1. The lowest BCUT2D eigenvalue weighted by Gasteiger charge is -2.06. The monoisotopic (exact) mass is 209 g/mol. The number of benzene rings is 1. The first-order valence-corrected chi connectivity index (χ1v) is 4.34. The second kappa shape index (κ2) is 4.64. The molecule has 72 valence electrons. The third-order valence-electron chi connectivity index (χ3n) is 1.72. The number of rotatable bonds is 2. The highest BCUT2D eigenvalue weighted by molar-refractivity contribution is 6.29. The topological polar surface area (TPSA) is 50.1 Å². The van der Waals surface area contributed by atoms with Gasteiger partial charge in [0.1, 0.15) is 0 Å². The van der Waals surface area contributed by atoms with Crippen LogP contribution in [0.4, 0.5) is 0 Å². The summed E-state index contributed by atoms with van der Waals surface area (Å²) in [5.74, 6) is -0.526. The lowest BCUT2D eigenvalue weighted by molar-refractivity contribution is -0.140. The average Bonchev–Trinajstić information content (AvgIpc) is 2.27. The second-order valence-electron chi connectivity index (χ2n) is 2.62. The summed E-state index contributed by atoms with van der Waals surface area (Å²) in [7, 11) is 1.27. The number of alkyl halides is 1. The maximum atomic E-state index is 11.1. The maximum absolute atomic E-state index is 11.1. The van der Waals surface area contributed by atoms with Gasteiger partial charge in [0.2, 0.25) is 0 Å².